The summed E-state index contributed by atoms with van der Waals surface area (Å²) in [5, 5.41) is 0.0251. The van der Waals surface area contributed by atoms with Gasteiger partial charge in [0.05, 0.1) is 23.3 Å². The second-order valence-electron chi connectivity index (χ2n) is 9.90. The van der Waals surface area contributed by atoms with Crippen LogP contribution in [-0.2, 0) is 13.0 Å². The molecule has 0 radical (unpaired) electrons. The minimum atomic E-state index is -2.64. The monoisotopic (exact) mass is 486 g/mol. The summed E-state index contributed by atoms with van der Waals surface area (Å²) in [6.07, 6.45) is 2.15. The van der Waals surface area contributed by atoms with Gasteiger partial charge in [-0.25, -0.2) is 9.78 Å². The molecule has 0 bridgehead atoms. The van der Waals surface area contributed by atoms with Crippen molar-refractivity contribution in [2.24, 2.45) is 0 Å². The topological polar surface area (TPSA) is 101 Å². The van der Waals surface area contributed by atoms with Crippen LogP contribution in [0, 0.1) is 0 Å². The van der Waals surface area contributed by atoms with Gasteiger partial charge >= 0.3 is 22.8 Å². The minimum absolute atomic E-state index is 0.000984. The summed E-state index contributed by atoms with van der Waals surface area (Å²) < 4.78 is 22.7. The number of nitrogens with zero attached hydrogens (tertiary/aromatic N) is 3. The summed E-state index contributed by atoms with van der Waals surface area (Å²) >= 11 is 1.72. The van der Waals surface area contributed by atoms with Crippen molar-refractivity contribution in [1.29, 1.82) is 0 Å². The number of fused-ring (bicyclic) bond motifs is 1. The van der Waals surface area contributed by atoms with E-state index in [1.54, 1.807) is 16.3 Å². The molecule has 176 valence electrons. The number of nitrogens with two attached hydrogens (primary N) is 1. The lowest BCUT2D eigenvalue weighted by Gasteiger charge is -2.51. The van der Waals surface area contributed by atoms with E-state index in [4.69, 9.17) is 18.7 Å². The first-order valence-electron chi connectivity index (χ1n) is 11.3. The Morgan fingerprint density at radius 2 is 1.65 bits per heavy atom. The van der Waals surface area contributed by atoms with Gasteiger partial charge in [-0.05, 0) is 22.2 Å². The van der Waals surface area contributed by atoms with Crippen molar-refractivity contribution in [2.75, 3.05) is 12.3 Å². The lowest BCUT2D eigenvalue weighted by Crippen LogP contribution is -2.64. The first kappa shape index (κ1) is 24.9. The third-order valence-electron chi connectivity index (χ3n) is 6.58. The summed E-state index contributed by atoms with van der Waals surface area (Å²) in [4.78, 5) is 20.3. The van der Waals surface area contributed by atoms with Crippen molar-refractivity contribution in [3.05, 3.63) is 16.8 Å². The summed E-state index contributed by atoms with van der Waals surface area (Å²) in [5.41, 5.74) is 6.40. The number of nitrogen functional groups attached to an aromatic ring is 1. The maximum absolute atomic E-state index is 12.4. The van der Waals surface area contributed by atoms with E-state index in [0.29, 0.717) is 24.1 Å². The van der Waals surface area contributed by atoms with Gasteiger partial charge in [0, 0.05) is 6.42 Å². The maximum Gasteiger partial charge on any atom is 0.353 e. The molecule has 2 aliphatic heterocycles. The largest absolute Gasteiger partial charge is 0.414 e. The van der Waals surface area contributed by atoms with Crippen LogP contribution in [0.2, 0.25) is 22.2 Å². The number of rotatable bonds is 5. The molecule has 0 aromatic carbocycles. The van der Waals surface area contributed by atoms with Crippen molar-refractivity contribution in [3.63, 3.8) is 0 Å². The van der Waals surface area contributed by atoms with E-state index in [1.807, 2.05) is 0 Å². The molecule has 11 heteroatoms. The molecule has 2 N–H and O–H groups in total. The molecular weight excluding hydrogens is 448 g/mol. The molecule has 3 rings (SSSR count). The van der Waals surface area contributed by atoms with Crippen LogP contribution in [-0.4, -0.2) is 49.6 Å². The SMILES string of the molecule is CC(C)[Si]1(C(C)C)OC[C@H]2S[C@@H](n3cnc(N)nc3=O)C[C@@H]2O[Si](C(C)C)(C(C)C)O1. The highest BCUT2D eigenvalue weighted by Crippen LogP contribution is 2.51. The van der Waals surface area contributed by atoms with Crippen LogP contribution in [0.15, 0.2) is 11.1 Å². The third kappa shape index (κ3) is 4.54. The normalized spacial score (nSPS) is 28.2. The van der Waals surface area contributed by atoms with Crippen LogP contribution >= 0.6 is 11.8 Å². The average Bonchev–Trinajstić information content (AvgIpc) is 3.02. The Kier molecular flexibility index (Phi) is 7.44. The summed E-state index contributed by atoms with van der Waals surface area (Å²) in [6.45, 7) is 18.4. The van der Waals surface area contributed by atoms with Crippen LogP contribution in [0.5, 0.6) is 0 Å². The summed E-state index contributed by atoms with van der Waals surface area (Å²) in [7, 11) is -5.18. The summed E-state index contributed by atoms with van der Waals surface area (Å²) in [6, 6.07) is 0. The molecule has 0 aliphatic carbocycles. The van der Waals surface area contributed by atoms with Crippen molar-refractivity contribution in [3.8, 4) is 0 Å². The lowest BCUT2D eigenvalue weighted by molar-refractivity contribution is 0.0706. The van der Waals surface area contributed by atoms with E-state index < -0.39 is 17.1 Å². The Morgan fingerprint density at radius 3 is 2.16 bits per heavy atom. The molecule has 2 fully saturated rings. The van der Waals surface area contributed by atoms with Gasteiger partial charge in [0.15, 0.2) is 0 Å². The van der Waals surface area contributed by atoms with Gasteiger partial charge in [-0.2, -0.15) is 4.98 Å². The molecule has 8 nitrogen and oxygen atoms in total. The van der Waals surface area contributed by atoms with E-state index in [9.17, 15) is 4.79 Å². The van der Waals surface area contributed by atoms with Crippen molar-refractivity contribution in [2.45, 2.75) is 101 Å². The minimum Gasteiger partial charge on any atom is -0.414 e. The third-order valence-corrected chi connectivity index (χ3v) is 18.4. The van der Waals surface area contributed by atoms with E-state index in [1.165, 1.54) is 6.33 Å². The Bertz CT molecular complexity index is 820. The molecule has 0 amide bonds. The van der Waals surface area contributed by atoms with Gasteiger partial charge in [0.1, 0.15) is 6.33 Å². The maximum atomic E-state index is 12.4. The molecule has 31 heavy (non-hydrogen) atoms. The molecule has 1 aromatic heterocycles. The van der Waals surface area contributed by atoms with E-state index in [-0.39, 0.29) is 39.4 Å². The number of anilines is 1. The molecule has 1 aromatic rings. The number of aromatic nitrogens is 3. The average molecular weight is 487 g/mol. The molecule has 0 unspecified atom stereocenters. The highest BCUT2D eigenvalue weighted by molar-refractivity contribution is 8.00. The molecular formula is C20H38N4O4SSi2. The van der Waals surface area contributed by atoms with Gasteiger partial charge in [0.2, 0.25) is 5.95 Å². The fourth-order valence-corrected chi connectivity index (χ4v) is 17.8. The van der Waals surface area contributed by atoms with Crippen LogP contribution in [0.3, 0.4) is 0 Å². The second kappa shape index (κ2) is 9.26. The quantitative estimate of drug-likeness (QED) is 0.619. The molecule has 2 saturated heterocycles. The van der Waals surface area contributed by atoms with Gasteiger partial charge < -0.3 is 18.7 Å². The predicted molar refractivity (Wildman–Crippen MR) is 130 cm³/mol. The Balaban J connectivity index is 2.01. The first-order chi connectivity index (χ1) is 14.4. The molecule has 2 aliphatic rings. The van der Waals surface area contributed by atoms with Gasteiger partial charge in [-0.3, -0.25) is 4.57 Å². The Morgan fingerprint density at radius 1 is 1.06 bits per heavy atom. The smallest absolute Gasteiger partial charge is 0.353 e. The van der Waals surface area contributed by atoms with Crippen molar-refractivity contribution in [1.82, 2.24) is 14.5 Å². The number of hydrogen-bond donors (Lipinski definition) is 1. The predicted octanol–water partition coefficient (Wildman–Crippen LogP) is 4.18. The second-order valence-corrected chi connectivity index (χ2v) is 20.2. The highest BCUT2D eigenvalue weighted by atomic mass is 32.2. The van der Waals surface area contributed by atoms with Gasteiger partial charge in [-0.15, -0.1) is 11.8 Å². The molecule has 0 saturated carbocycles. The van der Waals surface area contributed by atoms with Gasteiger partial charge in [-0.1, -0.05) is 55.4 Å². The van der Waals surface area contributed by atoms with Crippen LogP contribution in [0.25, 0.3) is 0 Å². The summed E-state index contributed by atoms with van der Waals surface area (Å²) in [5.74, 6) is -0.000984. The zero-order chi connectivity index (χ0) is 23.1. The van der Waals surface area contributed by atoms with Crippen molar-refractivity contribution < 1.29 is 13.0 Å². The fourth-order valence-electron chi connectivity index (χ4n) is 4.86. The number of hydrogen-bond acceptors (Lipinski definition) is 8. The Hall–Kier alpha value is -0.726. The van der Waals surface area contributed by atoms with Crippen LogP contribution in [0.1, 0.15) is 67.2 Å². The van der Waals surface area contributed by atoms with E-state index in [0.717, 1.165) is 0 Å². The van der Waals surface area contributed by atoms with Crippen LogP contribution < -0.4 is 11.4 Å². The van der Waals surface area contributed by atoms with Crippen molar-refractivity contribution >= 4 is 34.8 Å². The number of thioether (sulfide) groups is 1. The van der Waals surface area contributed by atoms with E-state index in [2.05, 4.69) is 65.4 Å². The fraction of sp³-hybridized carbons (Fsp3) is 0.850. The molecule has 3 atom stereocenters. The van der Waals surface area contributed by atoms with Gasteiger partial charge in [0.25, 0.3) is 0 Å². The molecule has 0 spiro atoms. The zero-order valence-corrected chi connectivity index (χ0v) is 22.8. The lowest BCUT2D eigenvalue weighted by atomic mass is 10.2. The molecule has 3 heterocycles. The highest BCUT2D eigenvalue weighted by Gasteiger charge is 2.59. The van der Waals surface area contributed by atoms with E-state index >= 15 is 0 Å². The van der Waals surface area contributed by atoms with Crippen LogP contribution in [0.4, 0.5) is 5.95 Å². The Labute approximate surface area is 192 Å². The zero-order valence-electron chi connectivity index (χ0n) is 20.0. The standard InChI is InChI=1S/C20H38N4O4SSi2/c1-12(2)30(13(3)4)26-10-17-16(27-31(28-30,14(5)6)15(7)8)9-18(29-17)24-11-22-19(21)23-20(24)25/h11-18H,9-10H2,1-8H3,(H2,21,23,25)/t16-,17+,18+/m0/s1. The first-order valence-corrected chi connectivity index (χ1v) is 16.2.